The first kappa shape index (κ1) is 14.4. The van der Waals surface area contributed by atoms with Crippen LogP contribution in [0.15, 0.2) is 59.6 Å². The van der Waals surface area contributed by atoms with E-state index in [4.69, 9.17) is 5.21 Å². The Morgan fingerprint density at radius 2 is 1.86 bits per heavy atom. The molecule has 2 aromatic carbocycles. The second-order valence-corrected chi connectivity index (χ2v) is 5.30. The first-order valence-corrected chi connectivity index (χ1v) is 6.97. The van der Waals surface area contributed by atoms with Crippen molar-refractivity contribution in [1.29, 1.82) is 0 Å². The highest BCUT2D eigenvalue weighted by Crippen LogP contribution is 2.43. The molecule has 2 N–H and O–H groups in total. The molecule has 0 saturated heterocycles. The summed E-state index contributed by atoms with van der Waals surface area (Å²) in [5.74, 6) is -0.167. The van der Waals surface area contributed by atoms with Crippen molar-refractivity contribution in [3.05, 3.63) is 65.7 Å². The number of para-hydroxylation sites is 1. The summed E-state index contributed by atoms with van der Waals surface area (Å²) < 4.78 is 15.5. The molecule has 1 aliphatic heterocycles. The van der Waals surface area contributed by atoms with Gasteiger partial charge in [0.15, 0.2) is 11.5 Å². The fourth-order valence-corrected chi connectivity index (χ4v) is 2.70. The highest BCUT2D eigenvalue weighted by Gasteiger charge is 2.40. The number of halogens is 1. The molecule has 0 aliphatic carbocycles. The fourth-order valence-electron chi connectivity index (χ4n) is 2.70. The summed E-state index contributed by atoms with van der Waals surface area (Å²) in [7, 11) is 0. The zero-order valence-corrected chi connectivity index (χ0v) is 11.8. The van der Waals surface area contributed by atoms with E-state index >= 15 is 4.39 Å². The number of hydrogen-bond acceptors (Lipinski definition) is 4. The van der Waals surface area contributed by atoms with Gasteiger partial charge in [-0.3, -0.25) is 15.5 Å². The van der Waals surface area contributed by atoms with Gasteiger partial charge in [0.1, 0.15) is 5.84 Å². The van der Waals surface area contributed by atoms with Crippen LogP contribution in [0.4, 0.5) is 10.1 Å². The third-order valence-electron chi connectivity index (χ3n) is 3.76. The number of nitrogens with one attached hydrogen (secondary N) is 1. The van der Waals surface area contributed by atoms with E-state index in [0.717, 1.165) is 0 Å². The van der Waals surface area contributed by atoms with Gasteiger partial charge in [0.25, 0.3) is 0 Å². The molecule has 0 radical (unpaired) electrons. The third-order valence-corrected chi connectivity index (χ3v) is 3.76. The van der Waals surface area contributed by atoms with E-state index in [9.17, 15) is 4.79 Å². The minimum atomic E-state index is -1.89. The number of carbonyl (C=O) groups is 1. The Morgan fingerprint density at radius 1 is 1.18 bits per heavy atom. The van der Waals surface area contributed by atoms with Crippen molar-refractivity contribution >= 4 is 17.3 Å². The van der Waals surface area contributed by atoms with Crippen molar-refractivity contribution in [2.45, 2.75) is 18.5 Å². The Morgan fingerprint density at radius 3 is 2.59 bits per heavy atom. The number of benzene rings is 2. The molecule has 1 aliphatic rings. The quantitative estimate of drug-likeness (QED) is 0.673. The predicted octanol–water partition coefficient (Wildman–Crippen LogP) is 3.54. The average molecular weight is 298 g/mol. The predicted molar refractivity (Wildman–Crippen MR) is 81.3 cm³/mol. The Hall–Kier alpha value is -2.53. The van der Waals surface area contributed by atoms with Gasteiger partial charge in [-0.2, -0.15) is 0 Å². The van der Waals surface area contributed by atoms with E-state index in [-0.39, 0.29) is 24.5 Å². The first-order chi connectivity index (χ1) is 10.6. The number of carbonyl (C=O) groups excluding carboxylic acids is 1. The van der Waals surface area contributed by atoms with Crippen LogP contribution in [0, 0.1) is 0 Å². The molecule has 0 amide bonds. The van der Waals surface area contributed by atoms with Crippen LogP contribution in [0.1, 0.15) is 28.8 Å². The molecule has 1 unspecified atom stereocenters. The number of Topliss-reactive ketones (excluding diaryl/α,β-unsaturated/α-hetero) is 1. The number of ketones is 1. The summed E-state index contributed by atoms with van der Waals surface area (Å²) in [5, 5.41) is 9.07. The number of fused-ring (bicyclic) bond motifs is 1. The molecule has 0 aromatic heterocycles. The lowest BCUT2D eigenvalue weighted by molar-refractivity contribution is 0.0833. The SMILES string of the molecule is O=C(CC1(F)CC(NO)=Nc2ccccc21)c1ccccc1. The summed E-state index contributed by atoms with van der Waals surface area (Å²) >= 11 is 0. The van der Waals surface area contributed by atoms with Crippen molar-refractivity contribution in [2.75, 3.05) is 0 Å². The summed E-state index contributed by atoms with van der Waals surface area (Å²) in [6.45, 7) is 0. The lowest BCUT2D eigenvalue weighted by Crippen LogP contribution is -2.35. The van der Waals surface area contributed by atoms with Gasteiger partial charge in [0.2, 0.25) is 0 Å². The lowest BCUT2D eigenvalue weighted by atomic mass is 9.83. The fraction of sp³-hybridized carbons (Fsp3) is 0.176. The van der Waals surface area contributed by atoms with Crippen LogP contribution >= 0.6 is 0 Å². The minimum absolute atomic E-state index is 0.113. The van der Waals surface area contributed by atoms with Gasteiger partial charge in [-0.25, -0.2) is 9.38 Å². The zero-order valence-electron chi connectivity index (χ0n) is 11.8. The molecule has 4 nitrogen and oxygen atoms in total. The van der Waals surface area contributed by atoms with Crippen LogP contribution in [0.25, 0.3) is 0 Å². The van der Waals surface area contributed by atoms with E-state index in [1.165, 1.54) is 0 Å². The number of rotatable bonds is 3. The summed E-state index contributed by atoms with van der Waals surface area (Å²) in [6, 6.07) is 15.4. The van der Waals surface area contributed by atoms with E-state index in [0.29, 0.717) is 16.8 Å². The van der Waals surface area contributed by atoms with Crippen LogP contribution in [-0.4, -0.2) is 16.8 Å². The van der Waals surface area contributed by atoms with Crippen LogP contribution in [0.2, 0.25) is 0 Å². The molecule has 1 atom stereocenters. The lowest BCUT2D eigenvalue weighted by Gasteiger charge is -2.30. The maximum atomic E-state index is 15.5. The van der Waals surface area contributed by atoms with E-state index in [1.807, 2.05) is 5.48 Å². The highest BCUT2D eigenvalue weighted by atomic mass is 19.1. The van der Waals surface area contributed by atoms with Gasteiger partial charge >= 0.3 is 0 Å². The van der Waals surface area contributed by atoms with Crippen molar-refractivity contribution in [3.63, 3.8) is 0 Å². The molecule has 0 spiro atoms. The smallest absolute Gasteiger partial charge is 0.166 e. The molecule has 0 saturated carbocycles. The standard InChI is InChI=1S/C17H15FN2O2/c18-17(10-15(21)12-6-2-1-3-7-12)11-16(20-22)19-14-9-5-4-8-13(14)17/h1-9,22H,10-11H2,(H,19,20). The maximum absolute atomic E-state index is 15.5. The first-order valence-electron chi connectivity index (χ1n) is 6.97. The van der Waals surface area contributed by atoms with Gasteiger partial charge in [-0.1, -0.05) is 48.5 Å². The maximum Gasteiger partial charge on any atom is 0.166 e. The van der Waals surface area contributed by atoms with Crippen molar-refractivity contribution < 1.29 is 14.4 Å². The Labute approximate surface area is 127 Å². The molecule has 0 bridgehead atoms. The van der Waals surface area contributed by atoms with Crippen molar-refractivity contribution in [3.8, 4) is 0 Å². The van der Waals surface area contributed by atoms with Crippen molar-refractivity contribution in [2.24, 2.45) is 4.99 Å². The summed E-state index contributed by atoms with van der Waals surface area (Å²) in [5.41, 5.74) is 1.29. The number of nitrogens with zero attached hydrogens (tertiary/aromatic N) is 1. The van der Waals surface area contributed by atoms with Gasteiger partial charge in [-0.05, 0) is 6.07 Å². The number of alkyl halides is 1. The van der Waals surface area contributed by atoms with Gasteiger partial charge in [0, 0.05) is 24.0 Å². The molecular weight excluding hydrogens is 283 g/mol. The van der Waals surface area contributed by atoms with Crippen LogP contribution in [-0.2, 0) is 5.67 Å². The molecule has 1 heterocycles. The third kappa shape index (κ3) is 2.63. The Bertz CT molecular complexity index is 730. The monoisotopic (exact) mass is 298 g/mol. The van der Waals surface area contributed by atoms with Gasteiger partial charge < -0.3 is 0 Å². The van der Waals surface area contributed by atoms with Gasteiger partial charge in [-0.15, -0.1) is 0 Å². The number of aliphatic imine (C=N–C) groups is 1. The summed E-state index contributed by atoms with van der Waals surface area (Å²) in [4.78, 5) is 16.5. The molecular formula is C17H15FN2O2. The number of hydroxylamine groups is 1. The second kappa shape index (κ2) is 5.69. The van der Waals surface area contributed by atoms with E-state index in [2.05, 4.69) is 4.99 Å². The van der Waals surface area contributed by atoms with Crippen LogP contribution in [0.5, 0.6) is 0 Å². The molecule has 2 aromatic rings. The Kier molecular flexibility index (Phi) is 3.73. The number of amidine groups is 1. The van der Waals surface area contributed by atoms with E-state index < -0.39 is 5.67 Å². The van der Waals surface area contributed by atoms with Crippen molar-refractivity contribution in [1.82, 2.24) is 5.48 Å². The Balaban J connectivity index is 1.95. The second-order valence-electron chi connectivity index (χ2n) is 5.30. The zero-order chi connectivity index (χ0) is 15.6. The van der Waals surface area contributed by atoms with Crippen LogP contribution in [0.3, 0.4) is 0 Å². The van der Waals surface area contributed by atoms with E-state index in [1.54, 1.807) is 54.6 Å². The normalized spacial score (nSPS) is 20.0. The molecule has 112 valence electrons. The molecule has 3 rings (SSSR count). The number of hydrogen-bond donors (Lipinski definition) is 2. The van der Waals surface area contributed by atoms with Gasteiger partial charge in [0.05, 0.1) is 5.69 Å². The summed E-state index contributed by atoms with van der Waals surface area (Å²) in [6.07, 6.45) is -0.464. The minimum Gasteiger partial charge on any atom is -0.294 e. The van der Waals surface area contributed by atoms with Crippen LogP contribution < -0.4 is 5.48 Å². The molecule has 22 heavy (non-hydrogen) atoms. The largest absolute Gasteiger partial charge is 0.294 e. The topological polar surface area (TPSA) is 61.7 Å². The molecule has 5 heteroatoms. The highest BCUT2D eigenvalue weighted by molar-refractivity contribution is 5.98. The average Bonchev–Trinajstić information content (AvgIpc) is 2.55. The molecule has 0 fully saturated rings.